The van der Waals surface area contributed by atoms with E-state index in [0.717, 1.165) is 32.1 Å². The van der Waals surface area contributed by atoms with Crippen LogP contribution in [-0.2, 0) is 10.3 Å². The van der Waals surface area contributed by atoms with Gasteiger partial charge in [0.2, 0.25) is 10.6 Å². The van der Waals surface area contributed by atoms with Crippen LogP contribution >= 0.6 is 15.9 Å². The van der Waals surface area contributed by atoms with E-state index in [1.54, 1.807) is 18.5 Å². The van der Waals surface area contributed by atoms with Crippen molar-refractivity contribution in [3.05, 3.63) is 35.3 Å². The minimum absolute atomic E-state index is 0.0117. The van der Waals surface area contributed by atoms with E-state index in [1.165, 1.54) is 18.6 Å². The molecule has 1 aromatic carbocycles. The molecule has 1 heterocycles. The third kappa shape index (κ3) is 3.33. The van der Waals surface area contributed by atoms with Gasteiger partial charge in [0.05, 0.1) is 11.0 Å². The zero-order valence-electron chi connectivity index (χ0n) is 15.7. The van der Waals surface area contributed by atoms with Gasteiger partial charge >= 0.3 is 6.61 Å². The number of alkyl halides is 2. The first-order valence-electron chi connectivity index (χ1n) is 9.80. The Balaban J connectivity index is 1.38. The topological polar surface area (TPSA) is 69.0 Å². The summed E-state index contributed by atoms with van der Waals surface area (Å²) in [5.74, 6) is 1.10. The summed E-state index contributed by atoms with van der Waals surface area (Å²) in [6, 6.07) is 6.08. The van der Waals surface area contributed by atoms with E-state index in [4.69, 9.17) is 0 Å². The molecule has 4 fully saturated rings. The van der Waals surface area contributed by atoms with Crippen molar-refractivity contribution < 1.29 is 18.3 Å². The second-order valence-corrected chi connectivity index (χ2v) is 9.49. The molecule has 29 heavy (non-hydrogen) atoms. The summed E-state index contributed by atoms with van der Waals surface area (Å²) >= 11 is 3.34. The van der Waals surface area contributed by atoms with Crippen LogP contribution in [0.3, 0.4) is 0 Å². The normalized spacial score (nSPS) is 32.6. The molecule has 4 saturated carbocycles. The first-order chi connectivity index (χ1) is 13.9. The molecule has 4 aliphatic rings. The van der Waals surface area contributed by atoms with Crippen molar-refractivity contribution in [1.29, 1.82) is 0 Å². The number of ether oxygens (including phenoxy) is 1. The number of anilines is 1. The molecule has 6 nitrogen and oxygen atoms in total. The van der Waals surface area contributed by atoms with Crippen molar-refractivity contribution in [3.8, 4) is 5.75 Å². The average molecular weight is 467 g/mol. The fraction of sp³-hybridized carbons (Fsp3) is 0.550. The summed E-state index contributed by atoms with van der Waals surface area (Å²) in [5, 5.41) is 7.54. The lowest BCUT2D eigenvalue weighted by Gasteiger charge is -2.60. The molecule has 0 saturated heterocycles. The SMILES string of the molecule is O=C(Nc1ccc(OC(F)F)cc1)C12C[C@H]3C[C@@H](C1)CC(n1cnc(Br)n1)(C3)C2. The van der Waals surface area contributed by atoms with E-state index < -0.39 is 12.0 Å². The fourth-order valence-electron chi connectivity index (χ4n) is 6.20. The van der Waals surface area contributed by atoms with Gasteiger partial charge in [-0.25, -0.2) is 9.67 Å². The van der Waals surface area contributed by atoms with Crippen LogP contribution in [0.1, 0.15) is 38.5 Å². The second-order valence-electron chi connectivity index (χ2n) is 8.78. The number of hydrogen-bond acceptors (Lipinski definition) is 4. The minimum Gasteiger partial charge on any atom is -0.435 e. The van der Waals surface area contributed by atoms with Crippen LogP contribution in [-0.4, -0.2) is 27.3 Å². The summed E-state index contributed by atoms with van der Waals surface area (Å²) in [6.45, 7) is -2.87. The van der Waals surface area contributed by atoms with Gasteiger partial charge in [-0.1, -0.05) is 0 Å². The van der Waals surface area contributed by atoms with Gasteiger partial charge in [0, 0.05) is 5.69 Å². The van der Waals surface area contributed by atoms with Crippen molar-refractivity contribution in [2.75, 3.05) is 5.32 Å². The highest BCUT2D eigenvalue weighted by Crippen LogP contribution is 2.64. The van der Waals surface area contributed by atoms with Crippen LogP contribution in [0.4, 0.5) is 14.5 Å². The van der Waals surface area contributed by atoms with E-state index in [9.17, 15) is 13.6 Å². The van der Waals surface area contributed by atoms with Crippen LogP contribution in [0.2, 0.25) is 0 Å². The average Bonchev–Trinajstić information content (AvgIpc) is 3.09. The Labute approximate surface area is 175 Å². The predicted molar refractivity (Wildman–Crippen MR) is 105 cm³/mol. The highest BCUT2D eigenvalue weighted by Gasteiger charge is 2.61. The number of amides is 1. The van der Waals surface area contributed by atoms with Gasteiger partial charge in [-0.15, -0.1) is 5.10 Å². The molecule has 0 aliphatic heterocycles. The van der Waals surface area contributed by atoms with E-state index in [2.05, 4.69) is 36.1 Å². The molecule has 4 bridgehead atoms. The van der Waals surface area contributed by atoms with Crippen LogP contribution in [0.5, 0.6) is 5.75 Å². The maximum Gasteiger partial charge on any atom is 0.387 e. The Morgan fingerprint density at radius 2 is 1.90 bits per heavy atom. The number of aromatic nitrogens is 3. The predicted octanol–water partition coefficient (Wildman–Crippen LogP) is 4.58. The smallest absolute Gasteiger partial charge is 0.387 e. The van der Waals surface area contributed by atoms with E-state index >= 15 is 0 Å². The molecule has 4 aliphatic carbocycles. The molecule has 6 rings (SSSR count). The Morgan fingerprint density at radius 3 is 2.48 bits per heavy atom. The van der Waals surface area contributed by atoms with Gasteiger partial charge in [-0.05, 0) is 90.6 Å². The number of hydrogen-bond donors (Lipinski definition) is 1. The highest BCUT2D eigenvalue weighted by molar-refractivity contribution is 9.10. The molecule has 9 heteroatoms. The fourth-order valence-corrected chi connectivity index (χ4v) is 6.47. The molecule has 2 aromatic rings. The lowest BCUT2D eigenvalue weighted by atomic mass is 9.46. The molecule has 1 aromatic heterocycles. The first-order valence-corrected chi connectivity index (χ1v) is 10.6. The van der Waals surface area contributed by atoms with Crippen molar-refractivity contribution >= 4 is 27.5 Å². The number of carbonyl (C=O) groups excluding carboxylic acids is 1. The Morgan fingerprint density at radius 1 is 1.21 bits per heavy atom. The van der Waals surface area contributed by atoms with Gasteiger partial charge in [0.25, 0.3) is 0 Å². The third-order valence-electron chi connectivity index (χ3n) is 6.80. The van der Waals surface area contributed by atoms with Crippen molar-refractivity contribution in [2.24, 2.45) is 17.3 Å². The zero-order chi connectivity index (χ0) is 20.2. The molecule has 0 radical (unpaired) electrons. The maximum absolute atomic E-state index is 13.4. The number of rotatable bonds is 5. The largest absolute Gasteiger partial charge is 0.435 e. The standard InChI is InChI=1S/C20H21BrF2N4O2/c21-17-24-11-27(26-17)20-8-12-5-13(9-20)7-19(6-12,10-20)16(28)25-14-1-3-15(4-2-14)29-18(22)23/h1-4,11-13,18H,5-10H2,(H,25,28)/t12-,13+,19?,20?. The number of halogens is 3. The monoisotopic (exact) mass is 466 g/mol. The molecule has 2 unspecified atom stereocenters. The minimum atomic E-state index is -2.87. The molecule has 1 amide bonds. The highest BCUT2D eigenvalue weighted by atomic mass is 79.9. The van der Waals surface area contributed by atoms with Gasteiger partial charge in [0.15, 0.2) is 0 Å². The van der Waals surface area contributed by atoms with Crippen molar-refractivity contribution in [3.63, 3.8) is 0 Å². The Hall–Kier alpha value is -2.03. The second kappa shape index (κ2) is 6.75. The van der Waals surface area contributed by atoms with Crippen molar-refractivity contribution in [1.82, 2.24) is 14.8 Å². The third-order valence-corrected chi connectivity index (χ3v) is 7.16. The Bertz CT molecular complexity index is 919. The van der Waals surface area contributed by atoms with Crippen LogP contribution in [0, 0.1) is 17.3 Å². The van der Waals surface area contributed by atoms with Gasteiger partial charge in [-0.3, -0.25) is 4.79 Å². The number of nitrogens with zero attached hydrogens (tertiary/aromatic N) is 3. The molecular formula is C20H21BrF2N4O2. The van der Waals surface area contributed by atoms with E-state index in [-0.39, 0.29) is 17.2 Å². The van der Waals surface area contributed by atoms with Crippen LogP contribution in [0.15, 0.2) is 35.3 Å². The summed E-state index contributed by atoms with van der Waals surface area (Å²) in [6.07, 6.45) is 7.54. The van der Waals surface area contributed by atoms with Crippen LogP contribution < -0.4 is 10.1 Å². The number of benzene rings is 1. The Kier molecular flexibility index (Phi) is 4.42. The molecule has 1 N–H and O–H groups in total. The number of carbonyl (C=O) groups is 1. The van der Waals surface area contributed by atoms with E-state index in [0.29, 0.717) is 22.3 Å². The molecule has 0 spiro atoms. The summed E-state index contributed by atoms with van der Waals surface area (Å²) < 4.78 is 31.6. The summed E-state index contributed by atoms with van der Waals surface area (Å²) in [5.41, 5.74) is 0.000638. The van der Waals surface area contributed by atoms with Crippen LogP contribution in [0.25, 0.3) is 0 Å². The van der Waals surface area contributed by atoms with E-state index in [1.807, 2.05) is 4.68 Å². The van der Waals surface area contributed by atoms with Gasteiger partial charge < -0.3 is 10.1 Å². The lowest BCUT2D eigenvalue weighted by molar-refractivity contribution is -0.150. The molecule has 154 valence electrons. The van der Waals surface area contributed by atoms with Gasteiger partial charge in [-0.2, -0.15) is 8.78 Å². The lowest BCUT2D eigenvalue weighted by Crippen LogP contribution is -2.60. The first kappa shape index (κ1) is 19.0. The zero-order valence-corrected chi connectivity index (χ0v) is 17.2. The summed E-state index contributed by atoms with van der Waals surface area (Å²) in [7, 11) is 0. The summed E-state index contributed by atoms with van der Waals surface area (Å²) in [4.78, 5) is 17.6. The molecule has 4 atom stereocenters. The quantitative estimate of drug-likeness (QED) is 0.700. The maximum atomic E-state index is 13.4. The number of nitrogens with one attached hydrogen (secondary N) is 1. The molecular weight excluding hydrogens is 446 g/mol. The van der Waals surface area contributed by atoms with Crippen molar-refractivity contribution in [2.45, 2.75) is 50.7 Å². The van der Waals surface area contributed by atoms with Gasteiger partial charge in [0.1, 0.15) is 12.1 Å².